The number of rotatable bonds is 8. The second-order valence-electron chi connectivity index (χ2n) is 7.57. The van der Waals surface area contributed by atoms with Crippen LogP contribution >= 0.6 is 11.8 Å². The van der Waals surface area contributed by atoms with Gasteiger partial charge in [-0.1, -0.05) is 11.8 Å². The number of amides is 1. The van der Waals surface area contributed by atoms with Gasteiger partial charge in [0.05, 0.1) is 25.7 Å². The average Bonchev–Trinajstić information content (AvgIpc) is 2.88. The van der Waals surface area contributed by atoms with Gasteiger partial charge in [-0.25, -0.2) is 14.4 Å². The normalized spacial score (nSPS) is 13.5. The molecule has 1 amide bonds. The molecule has 8 nitrogen and oxygen atoms in total. The zero-order chi connectivity index (χ0) is 23.9. The van der Waals surface area contributed by atoms with Gasteiger partial charge in [0.25, 0.3) is 0 Å². The lowest BCUT2D eigenvalue weighted by Gasteiger charge is -2.36. The van der Waals surface area contributed by atoms with E-state index in [2.05, 4.69) is 25.1 Å². The smallest absolute Gasteiger partial charge is 0.234 e. The van der Waals surface area contributed by atoms with Gasteiger partial charge in [-0.05, 0) is 36.4 Å². The number of thioether (sulfide) groups is 1. The number of nitrogens with zero attached hydrogens (tertiary/aromatic N) is 4. The molecule has 0 atom stereocenters. The highest BCUT2D eigenvalue weighted by molar-refractivity contribution is 7.99. The number of carbonyl (C=O) groups is 1. The molecule has 1 aliphatic rings. The van der Waals surface area contributed by atoms with Gasteiger partial charge in [0.15, 0.2) is 0 Å². The summed E-state index contributed by atoms with van der Waals surface area (Å²) < 4.78 is 23.7. The van der Waals surface area contributed by atoms with Gasteiger partial charge in [-0.2, -0.15) is 0 Å². The van der Waals surface area contributed by atoms with Crippen molar-refractivity contribution < 1.29 is 18.7 Å². The number of carbonyl (C=O) groups excluding carboxylic acids is 1. The molecule has 1 N–H and O–H groups in total. The Hall–Kier alpha value is -3.53. The first kappa shape index (κ1) is 23.6. The summed E-state index contributed by atoms with van der Waals surface area (Å²) in [6, 6.07) is 13.7. The highest BCUT2D eigenvalue weighted by Gasteiger charge is 2.19. The first-order chi connectivity index (χ1) is 16.6. The molecule has 4 rings (SSSR count). The Balaban J connectivity index is 1.32. The van der Waals surface area contributed by atoms with Crippen LogP contribution in [0.2, 0.25) is 0 Å². The number of nitrogens with one attached hydrogen (secondary N) is 1. The molecule has 0 unspecified atom stereocenters. The molecule has 1 aliphatic heterocycles. The summed E-state index contributed by atoms with van der Waals surface area (Å²) in [6.45, 7) is 3.19. The SMILES string of the molecule is COc1ccc(OC)c(NC(=O)CSc2cc(N3CCN(c4ccc(F)cc4)CC3)ncn2)c1. The maximum absolute atomic E-state index is 13.2. The van der Waals surface area contributed by atoms with E-state index < -0.39 is 0 Å². The number of aromatic nitrogens is 2. The van der Waals surface area contributed by atoms with Crippen LogP contribution < -0.4 is 24.6 Å². The van der Waals surface area contributed by atoms with Crippen molar-refractivity contribution in [3.63, 3.8) is 0 Å². The van der Waals surface area contributed by atoms with Crippen molar-refractivity contribution in [1.82, 2.24) is 9.97 Å². The number of piperazine rings is 1. The number of benzene rings is 2. The highest BCUT2D eigenvalue weighted by atomic mass is 32.2. The minimum absolute atomic E-state index is 0.176. The molecule has 0 radical (unpaired) electrons. The van der Waals surface area contributed by atoms with Crippen LogP contribution in [0.1, 0.15) is 0 Å². The second kappa shape index (κ2) is 11.1. The third-order valence-corrected chi connectivity index (χ3v) is 6.38. The third-order valence-electron chi connectivity index (χ3n) is 5.45. The van der Waals surface area contributed by atoms with E-state index in [1.807, 2.05) is 6.07 Å². The Labute approximate surface area is 202 Å². The molecule has 10 heteroatoms. The lowest BCUT2D eigenvalue weighted by Crippen LogP contribution is -2.46. The van der Waals surface area contributed by atoms with Gasteiger partial charge in [-0.3, -0.25) is 4.79 Å². The Morgan fingerprint density at radius 3 is 2.44 bits per heavy atom. The van der Waals surface area contributed by atoms with Crippen LogP contribution in [-0.4, -0.2) is 62.0 Å². The minimum Gasteiger partial charge on any atom is -0.497 e. The lowest BCUT2D eigenvalue weighted by molar-refractivity contribution is -0.113. The summed E-state index contributed by atoms with van der Waals surface area (Å²) in [4.78, 5) is 25.6. The van der Waals surface area contributed by atoms with Crippen LogP contribution in [0.4, 0.5) is 21.6 Å². The maximum Gasteiger partial charge on any atom is 0.234 e. The van der Waals surface area contributed by atoms with Gasteiger partial charge < -0.3 is 24.6 Å². The van der Waals surface area contributed by atoms with E-state index in [1.165, 1.54) is 30.2 Å². The van der Waals surface area contributed by atoms with Gasteiger partial charge >= 0.3 is 0 Å². The number of halogens is 1. The second-order valence-corrected chi connectivity index (χ2v) is 8.56. The number of methoxy groups -OCH3 is 2. The standard InChI is InChI=1S/C24H26FN5O3S/c1-32-19-7-8-21(33-2)20(13-19)28-23(31)15-34-24-14-22(26-16-27-24)30-11-9-29(10-12-30)18-5-3-17(25)4-6-18/h3-8,13-14,16H,9-12,15H2,1-2H3,(H,28,31). The van der Waals surface area contributed by atoms with Crippen LogP contribution in [0.5, 0.6) is 11.5 Å². The van der Waals surface area contributed by atoms with Gasteiger partial charge in [0.1, 0.15) is 34.5 Å². The van der Waals surface area contributed by atoms with E-state index in [0.717, 1.165) is 42.7 Å². The molecule has 2 heterocycles. The largest absolute Gasteiger partial charge is 0.497 e. The monoisotopic (exact) mass is 483 g/mol. The van der Waals surface area contributed by atoms with Crippen molar-refractivity contribution in [3.8, 4) is 11.5 Å². The van der Waals surface area contributed by atoms with Gasteiger partial charge in [0.2, 0.25) is 5.91 Å². The number of ether oxygens (including phenoxy) is 2. The lowest BCUT2D eigenvalue weighted by atomic mass is 10.2. The van der Waals surface area contributed by atoms with Crippen LogP contribution in [0.15, 0.2) is 59.9 Å². The Morgan fingerprint density at radius 1 is 1.00 bits per heavy atom. The maximum atomic E-state index is 13.2. The van der Waals surface area contributed by atoms with E-state index in [4.69, 9.17) is 9.47 Å². The zero-order valence-electron chi connectivity index (χ0n) is 19.0. The van der Waals surface area contributed by atoms with Crippen molar-refractivity contribution in [2.45, 2.75) is 5.03 Å². The molecule has 2 aromatic carbocycles. The molecule has 0 saturated carbocycles. The molecule has 1 aromatic heterocycles. The predicted molar refractivity (Wildman–Crippen MR) is 132 cm³/mol. The molecule has 0 spiro atoms. The quantitative estimate of drug-likeness (QED) is 0.384. The molecular weight excluding hydrogens is 457 g/mol. The number of anilines is 3. The van der Waals surface area contributed by atoms with E-state index in [-0.39, 0.29) is 17.5 Å². The fraction of sp³-hybridized carbons (Fsp3) is 0.292. The van der Waals surface area contributed by atoms with Crippen molar-refractivity contribution in [2.75, 3.05) is 61.3 Å². The first-order valence-electron chi connectivity index (χ1n) is 10.8. The number of hydrogen-bond donors (Lipinski definition) is 1. The molecule has 3 aromatic rings. The summed E-state index contributed by atoms with van der Waals surface area (Å²) in [5.41, 5.74) is 1.56. The summed E-state index contributed by atoms with van der Waals surface area (Å²) in [5.74, 6) is 1.79. The number of hydrogen-bond acceptors (Lipinski definition) is 8. The van der Waals surface area contributed by atoms with Crippen molar-refractivity contribution in [2.24, 2.45) is 0 Å². The fourth-order valence-corrected chi connectivity index (χ4v) is 4.33. The molecule has 34 heavy (non-hydrogen) atoms. The molecule has 1 fully saturated rings. The van der Waals surface area contributed by atoms with Crippen molar-refractivity contribution >= 4 is 34.9 Å². The van der Waals surface area contributed by atoms with E-state index >= 15 is 0 Å². The van der Waals surface area contributed by atoms with E-state index in [9.17, 15) is 9.18 Å². The topological polar surface area (TPSA) is 79.8 Å². The third kappa shape index (κ3) is 5.88. The summed E-state index contributed by atoms with van der Waals surface area (Å²) >= 11 is 1.34. The predicted octanol–water partition coefficient (Wildman–Crippen LogP) is 3.69. The first-order valence-corrected chi connectivity index (χ1v) is 11.8. The van der Waals surface area contributed by atoms with Crippen LogP contribution in [0, 0.1) is 5.82 Å². The molecule has 1 saturated heterocycles. The highest BCUT2D eigenvalue weighted by Crippen LogP contribution is 2.29. The van der Waals surface area contributed by atoms with Crippen LogP contribution in [-0.2, 0) is 4.79 Å². The zero-order valence-corrected chi connectivity index (χ0v) is 19.8. The molecule has 0 aliphatic carbocycles. The molecular formula is C24H26FN5O3S. The molecule has 178 valence electrons. The fourth-order valence-electron chi connectivity index (χ4n) is 3.66. The summed E-state index contributed by atoms with van der Waals surface area (Å²) in [5, 5.41) is 3.58. The van der Waals surface area contributed by atoms with Crippen LogP contribution in [0.25, 0.3) is 0 Å². The minimum atomic E-state index is -0.232. The van der Waals surface area contributed by atoms with Crippen LogP contribution in [0.3, 0.4) is 0 Å². The summed E-state index contributed by atoms with van der Waals surface area (Å²) in [7, 11) is 3.12. The van der Waals surface area contributed by atoms with E-state index in [1.54, 1.807) is 44.6 Å². The van der Waals surface area contributed by atoms with Crippen molar-refractivity contribution in [1.29, 1.82) is 0 Å². The van der Waals surface area contributed by atoms with E-state index in [0.29, 0.717) is 17.2 Å². The Kier molecular flexibility index (Phi) is 7.69. The summed E-state index contributed by atoms with van der Waals surface area (Å²) in [6.07, 6.45) is 1.52. The van der Waals surface area contributed by atoms with Gasteiger partial charge in [-0.15, -0.1) is 0 Å². The average molecular weight is 484 g/mol. The van der Waals surface area contributed by atoms with Gasteiger partial charge in [0, 0.05) is 44.0 Å². The Morgan fingerprint density at radius 2 is 1.74 bits per heavy atom. The Bertz CT molecular complexity index is 1120. The van der Waals surface area contributed by atoms with Crippen molar-refractivity contribution in [3.05, 3.63) is 60.7 Å². The molecule has 0 bridgehead atoms.